The van der Waals surface area contributed by atoms with E-state index in [0.717, 1.165) is 16.8 Å². The lowest BCUT2D eigenvalue weighted by atomic mass is 10.2. The van der Waals surface area contributed by atoms with Crippen LogP contribution < -0.4 is 5.32 Å². The van der Waals surface area contributed by atoms with Crippen molar-refractivity contribution in [3.05, 3.63) is 95.3 Å². The zero-order chi connectivity index (χ0) is 19.2. The Balaban J connectivity index is 1.43. The molecule has 0 saturated carbocycles. The highest BCUT2D eigenvalue weighted by Crippen LogP contribution is 2.19. The van der Waals surface area contributed by atoms with Gasteiger partial charge in [-0.25, -0.2) is 4.98 Å². The van der Waals surface area contributed by atoms with Crippen LogP contribution in [0.15, 0.2) is 72.8 Å². The number of carbonyl (C=O) groups is 1. The SMILES string of the molecule is O=C(Nc1nc(/C=C/c2ccncc2)cs1)c1cccn1Cc1ccncc1. The van der Waals surface area contributed by atoms with Gasteiger partial charge in [-0.05, 0) is 53.6 Å². The van der Waals surface area contributed by atoms with Crippen molar-refractivity contribution in [2.24, 2.45) is 0 Å². The number of hydrogen-bond acceptors (Lipinski definition) is 5. The van der Waals surface area contributed by atoms with Crippen molar-refractivity contribution in [1.82, 2.24) is 19.5 Å². The maximum absolute atomic E-state index is 12.7. The van der Waals surface area contributed by atoms with Gasteiger partial charge in [0.1, 0.15) is 5.69 Å². The van der Waals surface area contributed by atoms with Gasteiger partial charge in [0.05, 0.1) is 5.69 Å². The first-order chi connectivity index (χ1) is 13.8. The highest BCUT2D eigenvalue weighted by Gasteiger charge is 2.13. The van der Waals surface area contributed by atoms with Crippen LogP contribution in [0.4, 0.5) is 5.13 Å². The second-order valence-corrected chi connectivity index (χ2v) is 6.88. The third kappa shape index (κ3) is 4.39. The van der Waals surface area contributed by atoms with Gasteiger partial charge in [-0.1, -0.05) is 6.08 Å². The summed E-state index contributed by atoms with van der Waals surface area (Å²) in [6.45, 7) is 0.607. The van der Waals surface area contributed by atoms with E-state index in [4.69, 9.17) is 0 Å². The molecule has 0 radical (unpaired) electrons. The smallest absolute Gasteiger partial charge is 0.274 e. The minimum absolute atomic E-state index is 0.182. The van der Waals surface area contributed by atoms with Crippen molar-refractivity contribution in [3.8, 4) is 0 Å². The molecular formula is C21H17N5OS. The number of nitrogens with one attached hydrogen (secondary N) is 1. The van der Waals surface area contributed by atoms with Crippen molar-refractivity contribution in [2.45, 2.75) is 6.54 Å². The number of pyridine rings is 2. The van der Waals surface area contributed by atoms with Crippen LogP contribution in [0.5, 0.6) is 0 Å². The van der Waals surface area contributed by atoms with Gasteiger partial charge < -0.3 is 4.57 Å². The molecule has 0 saturated heterocycles. The van der Waals surface area contributed by atoms with E-state index in [1.165, 1.54) is 11.3 Å². The van der Waals surface area contributed by atoms with Crippen molar-refractivity contribution < 1.29 is 4.79 Å². The van der Waals surface area contributed by atoms with Crippen LogP contribution in [0.1, 0.15) is 27.3 Å². The molecule has 0 aliphatic heterocycles. The molecule has 0 spiro atoms. The van der Waals surface area contributed by atoms with Crippen molar-refractivity contribution in [2.75, 3.05) is 5.32 Å². The summed E-state index contributed by atoms with van der Waals surface area (Å²) in [5.74, 6) is -0.182. The Morgan fingerprint density at radius 1 is 1.04 bits per heavy atom. The van der Waals surface area contributed by atoms with E-state index in [2.05, 4.69) is 20.3 Å². The molecular weight excluding hydrogens is 370 g/mol. The fourth-order valence-electron chi connectivity index (χ4n) is 2.68. The summed E-state index contributed by atoms with van der Waals surface area (Å²) < 4.78 is 1.91. The molecule has 1 amide bonds. The Kier molecular flexibility index (Phi) is 5.35. The van der Waals surface area contributed by atoms with E-state index in [-0.39, 0.29) is 5.91 Å². The molecule has 4 heterocycles. The number of hydrogen-bond donors (Lipinski definition) is 1. The van der Waals surface area contributed by atoms with E-state index in [9.17, 15) is 4.79 Å². The summed E-state index contributed by atoms with van der Waals surface area (Å²) in [5, 5.41) is 5.35. The van der Waals surface area contributed by atoms with Crippen LogP contribution in [0, 0.1) is 0 Å². The first kappa shape index (κ1) is 17.8. The maximum Gasteiger partial charge on any atom is 0.274 e. The lowest BCUT2D eigenvalue weighted by Gasteiger charge is -2.08. The lowest BCUT2D eigenvalue weighted by molar-refractivity contribution is 0.101. The number of carbonyl (C=O) groups excluding carboxylic acids is 1. The van der Waals surface area contributed by atoms with E-state index in [1.54, 1.807) is 30.9 Å². The predicted octanol–water partition coefficient (Wildman–Crippen LogP) is 4.21. The average molecular weight is 387 g/mol. The first-order valence-corrected chi connectivity index (χ1v) is 9.55. The Morgan fingerprint density at radius 2 is 1.79 bits per heavy atom. The predicted molar refractivity (Wildman–Crippen MR) is 111 cm³/mol. The summed E-state index contributed by atoms with van der Waals surface area (Å²) in [6, 6.07) is 11.4. The number of thiazole rings is 1. The zero-order valence-electron chi connectivity index (χ0n) is 14.9. The largest absolute Gasteiger partial charge is 0.339 e. The van der Waals surface area contributed by atoms with Crippen LogP contribution in [0.3, 0.4) is 0 Å². The van der Waals surface area contributed by atoms with Gasteiger partial charge in [-0.2, -0.15) is 0 Å². The van der Waals surface area contributed by atoms with Gasteiger partial charge in [0.25, 0.3) is 5.91 Å². The normalized spacial score (nSPS) is 11.0. The van der Waals surface area contributed by atoms with Gasteiger partial charge in [-0.15, -0.1) is 11.3 Å². The molecule has 0 unspecified atom stereocenters. The average Bonchev–Trinajstić information content (AvgIpc) is 3.37. The Bertz CT molecular complexity index is 1090. The molecule has 6 nitrogen and oxygen atoms in total. The minimum atomic E-state index is -0.182. The van der Waals surface area contributed by atoms with Gasteiger partial charge in [0.2, 0.25) is 0 Å². The summed E-state index contributed by atoms with van der Waals surface area (Å²) >= 11 is 1.40. The molecule has 0 aromatic carbocycles. The monoisotopic (exact) mass is 387 g/mol. The number of rotatable bonds is 6. The highest BCUT2D eigenvalue weighted by atomic mass is 32.1. The fourth-order valence-corrected chi connectivity index (χ4v) is 3.35. The maximum atomic E-state index is 12.7. The van der Waals surface area contributed by atoms with Gasteiger partial charge in [0, 0.05) is 42.9 Å². The lowest BCUT2D eigenvalue weighted by Crippen LogP contribution is -2.17. The molecule has 0 aliphatic carbocycles. The van der Waals surface area contributed by atoms with E-state index >= 15 is 0 Å². The molecule has 28 heavy (non-hydrogen) atoms. The van der Waals surface area contributed by atoms with Gasteiger partial charge in [0.15, 0.2) is 5.13 Å². The van der Waals surface area contributed by atoms with Crippen molar-refractivity contribution in [1.29, 1.82) is 0 Å². The second kappa shape index (κ2) is 8.41. The topological polar surface area (TPSA) is 72.7 Å². The number of aromatic nitrogens is 4. The zero-order valence-corrected chi connectivity index (χ0v) is 15.7. The third-order valence-corrected chi connectivity index (χ3v) is 4.84. The summed E-state index contributed by atoms with van der Waals surface area (Å²) in [7, 11) is 0. The van der Waals surface area contributed by atoms with Crippen molar-refractivity contribution in [3.63, 3.8) is 0 Å². The fraction of sp³-hybridized carbons (Fsp3) is 0.0476. The van der Waals surface area contributed by atoms with Crippen LogP contribution in [0.25, 0.3) is 12.2 Å². The Morgan fingerprint density at radius 3 is 2.57 bits per heavy atom. The molecule has 138 valence electrons. The number of anilines is 1. The van der Waals surface area contributed by atoms with Gasteiger partial charge >= 0.3 is 0 Å². The van der Waals surface area contributed by atoms with E-state index < -0.39 is 0 Å². The molecule has 4 aromatic heterocycles. The van der Waals surface area contributed by atoms with Crippen LogP contribution in [-0.2, 0) is 6.54 Å². The van der Waals surface area contributed by atoms with Crippen LogP contribution in [-0.4, -0.2) is 25.4 Å². The number of amides is 1. The van der Waals surface area contributed by atoms with Crippen LogP contribution in [0.2, 0.25) is 0 Å². The first-order valence-electron chi connectivity index (χ1n) is 8.67. The summed E-state index contributed by atoms with van der Waals surface area (Å²) in [6.07, 6.45) is 12.7. The molecule has 0 fully saturated rings. The van der Waals surface area contributed by atoms with E-state index in [0.29, 0.717) is 17.4 Å². The molecule has 4 aromatic rings. The standard InChI is InChI=1S/C21H17N5OS/c27-20(19-2-1-13-26(19)14-17-7-11-23-12-8-17)25-21-24-18(15-28-21)4-3-16-5-9-22-10-6-16/h1-13,15H,14H2,(H,24,25,27)/b4-3+. The third-order valence-electron chi connectivity index (χ3n) is 4.06. The van der Waals surface area contributed by atoms with Crippen molar-refractivity contribution >= 4 is 34.5 Å². The van der Waals surface area contributed by atoms with Crippen LogP contribution >= 0.6 is 11.3 Å². The second-order valence-electron chi connectivity index (χ2n) is 6.02. The van der Waals surface area contributed by atoms with E-state index in [1.807, 2.05) is 58.6 Å². The molecule has 7 heteroatoms. The summed E-state index contributed by atoms with van der Waals surface area (Å²) in [4.78, 5) is 25.1. The minimum Gasteiger partial charge on any atom is -0.339 e. The molecule has 1 N–H and O–H groups in total. The Hall–Kier alpha value is -3.58. The molecule has 4 rings (SSSR count). The summed E-state index contributed by atoms with van der Waals surface area (Å²) in [5.41, 5.74) is 3.51. The number of nitrogens with zero attached hydrogens (tertiary/aromatic N) is 4. The quantitative estimate of drug-likeness (QED) is 0.538. The molecule has 0 aliphatic rings. The molecule has 0 bridgehead atoms. The van der Waals surface area contributed by atoms with Gasteiger partial charge in [-0.3, -0.25) is 20.1 Å². The molecule has 0 atom stereocenters. The highest BCUT2D eigenvalue weighted by molar-refractivity contribution is 7.14. The Labute approximate surface area is 166 Å².